The highest BCUT2D eigenvalue weighted by molar-refractivity contribution is 6.06. The average molecular weight is 648 g/mol. The number of imidazole rings is 1. The van der Waals surface area contributed by atoms with Gasteiger partial charge in [0.1, 0.15) is 11.3 Å². The number of aryl methyl sites for hydroxylation is 1. The van der Waals surface area contributed by atoms with Crippen molar-refractivity contribution in [1.29, 1.82) is 0 Å². The van der Waals surface area contributed by atoms with Gasteiger partial charge in [0.2, 0.25) is 0 Å². The summed E-state index contributed by atoms with van der Waals surface area (Å²) in [4.78, 5) is 27.2. The standard InChI is InChI=1S/C36H50FN7O3/c1-26(2)25-47-31-23-27(13-14-29(31)37)24-43(21-20-42-17-8-4-9-18-42)36(45)39-16-7-10-19-44-32(15-22-46-3)41-33-34(44)28-11-5-6-12-30(28)40-35(33)38/h5-6,11-14,23,26H,4,7-10,15-22,24-25H2,1-3H3,(H2,38,40)(H,39,45). The molecule has 1 saturated heterocycles. The van der Waals surface area contributed by atoms with Gasteiger partial charge in [-0.1, -0.05) is 44.5 Å². The molecule has 4 aromatic rings. The third kappa shape index (κ3) is 9.10. The first-order valence-electron chi connectivity index (χ1n) is 17.0. The summed E-state index contributed by atoms with van der Waals surface area (Å²) in [6.07, 6.45) is 5.94. The number of hydrogen-bond acceptors (Lipinski definition) is 7. The molecule has 0 spiro atoms. The number of halogens is 1. The summed E-state index contributed by atoms with van der Waals surface area (Å²) in [7, 11) is 1.69. The predicted molar refractivity (Wildman–Crippen MR) is 185 cm³/mol. The Hall–Kier alpha value is -3.96. The highest BCUT2D eigenvalue weighted by Crippen LogP contribution is 2.29. The van der Waals surface area contributed by atoms with E-state index in [4.69, 9.17) is 20.2 Å². The predicted octanol–water partition coefficient (Wildman–Crippen LogP) is 6.01. The molecule has 0 aliphatic carbocycles. The number of nitrogens with zero attached hydrogens (tertiary/aromatic N) is 5. The van der Waals surface area contributed by atoms with Crippen molar-refractivity contribution < 1.29 is 18.7 Å². The van der Waals surface area contributed by atoms with Crippen LogP contribution < -0.4 is 15.8 Å². The number of piperidine rings is 1. The maximum Gasteiger partial charge on any atom is 0.317 e. The number of ether oxygens (including phenoxy) is 2. The number of methoxy groups -OCH3 is 1. The SMILES string of the molecule is COCCc1nc2c(N)nc3ccccc3c2n1CCCCNC(=O)N(CCN1CCCCC1)Cc1ccc(F)c(OCC(C)C)c1. The van der Waals surface area contributed by atoms with Crippen LogP contribution in [0, 0.1) is 11.7 Å². The zero-order valence-electron chi connectivity index (χ0n) is 28.1. The number of urea groups is 1. The Labute approximate surface area is 277 Å². The summed E-state index contributed by atoms with van der Waals surface area (Å²) in [5.74, 6) is 1.46. The van der Waals surface area contributed by atoms with Gasteiger partial charge in [0.05, 0.1) is 24.2 Å². The number of rotatable bonds is 16. The summed E-state index contributed by atoms with van der Waals surface area (Å²) < 4.78 is 27.8. The third-order valence-electron chi connectivity index (χ3n) is 8.67. The van der Waals surface area contributed by atoms with Gasteiger partial charge in [-0.25, -0.2) is 19.2 Å². The number of carbonyl (C=O) groups is 1. The molecule has 254 valence electrons. The Morgan fingerprint density at radius 2 is 1.89 bits per heavy atom. The molecular formula is C36H50FN7O3. The largest absolute Gasteiger partial charge is 0.490 e. The van der Waals surface area contributed by atoms with E-state index in [0.29, 0.717) is 50.6 Å². The number of nitrogen functional groups attached to an aromatic ring is 1. The number of fused-ring (bicyclic) bond motifs is 3. The molecule has 0 saturated carbocycles. The molecule has 0 unspecified atom stereocenters. The van der Waals surface area contributed by atoms with Crippen LogP contribution in [0.2, 0.25) is 0 Å². The van der Waals surface area contributed by atoms with E-state index in [2.05, 4.69) is 25.8 Å². The fourth-order valence-corrected chi connectivity index (χ4v) is 6.16. The molecule has 3 N–H and O–H groups in total. The monoisotopic (exact) mass is 647 g/mol. The molecule has 2 aromatic carbocycles. The van der Waals surface area contributed by atoms with Crippen molar-refractivity contribution in [3.05, 3.63) is 59.7 Å². The van der Waals surface area contributed by atoms with Gasteiger partial charge in [0, 0.05) is 51.6 Å². The van der Waals surface area contributed by atoms with Crippen LogP contribution in [0.15, 0.2) is 42.5 Å². The van der Waals surface area contributed by atoms with Crippen molar-refractivity contribution >= 4 is 33.8 Å². The van der Waals surface area contributed by atoms with Crippen LogP contribution in [0.3, 0.4) is 0 Å². The van der Waals surface area contributed by atoms with E-state index in [-0.39, 0.29) is 23.5 Å². The molecule has 1 aliphatic rings. The third-order valence-corrected chi connectivity index (χ3v) is 8.67. The van der Waals surface area contributed by atoms with E-state index in [1.807, 2.05) is 36.9 Å². The Balaban J connectivity index is 1.23. The lowest BCUT2D eigenvalue weighted by molar-refractivity contribution is 0.169. The van der Waals surface area contributed by atoms with E-state index in [1.54, 1.807) is 19.2 Å². The molecule has 2 amide bonds. The molecular weight excluding hydrogens is 597 g/mol. The van der Waals surface area contributed by atoms with Gasteiger partial charge in [-0.2, -0.15) is 0 Å². The van der Waals surface area contributed by atoms with Crippen LogP contribution in [0.25, 0.3) is 21.9 Å². The second-order valence-electron chi connectivity index (χ2n) is 12.9. The molecule has 2 aromatic heterocycles. The maximum absolute atomic E-state index is 14.5. The fourth-order valence-electron chi connectivity index (χ4n) is 6.16. The number of unbranched alkanes of at least 4 members (excludes halogenated alkanes) is 1. The van der Waals surface area contributed by atoms with Gasteiger partial charge < -0.3 is 34.9 Å². The van der Waals surface area contributed by atoms with Crippen LogP contribution in [0.4, 0.5) is 15.0 Å². The number of aromatic nitrogens is 3. The lowest BCUT2D eigenvalue weighted by Crippen LogP contribution is -2.44. The molecule has 11 heteroatoms. The minimum atomic E-state index is -0.387. The smallest absolute Gasteiger partial charge is 0.317 e. The Kier molecular flexibility index (Phi) is 12.2. The maximum atomic E-state index is 14.5. The van der Waals surface area contributed by atoms with Crippen LogP contribution >= 0.6 is 0 Å². The number of anilines is 1. The Bertz CT molecular complexity index is 1620. The van der Waals surface area contributed by atoms with Crippen molar-refractivity contribution in [2.45, 2.75) is 65.5 Å². The molecule has 5 rings (SSSR count). The molecule has 1 fully saturated rings. The molecule has 10 nitrogen and oxygen atoms in total. The van der Waals surface area contributed by atoms with Crippen molar-refractivity contribution in [3.63, 3.8) is 0 Å². The molecule has 3 heterocycles. The Morgan fingerprint density at radius 3 is 2.68 bits per heavy atom. The molecule has 1 aliphatic heterocycles. The number of para-hydroxylation sites is 1. The van der Waals surface area contributed by atoms with Crippen LogP contribution in [0.5, 0.6) is 5.75 Å². The van der Waals surface area contributed by atoms with Crippen molar-refractivity contribution in [2.75, 3.05) is 58.8 Å². The zero-order valence-corrected chi connectivity index (χ0v) is 28.1. The minimum absolute atomic E-state index is 0.116. The first-order chi connectivity index (χ1) is 22.8. The number of carbonyl (C=O) groups excluding carboxylic acids is 1. The van der Waals surface area contributed by atoms with Crippen LogP contribution in [-0.2, 0) is 24.2 Å². The van der Waals surface area contributed by atoms with E-state index in [9.17, 15) is 9.18 Å². The first kappa shape index (κ1) is 34.4. The lowest BCUT2D eigenvalue weighted by atomic mass is 10.1. The summed E-state index contributed by atoms with van der Waals surface area (Å²) in [6.45, 7) is 10.2. The number of pyridine rings is 1. The highest BCUT2D eigenvalue weighted by atomic mass is 19.1. The van der Waals surface area contributed by atoms with E-state index in [1.165, 1.54) is 25.3 Å². The summed E-state index contributed by atoms with van der Waals surface area (Å²) in [5.41, 5.74) is 9.73. The van der Waals surface area contributed by atoms with Gasteiger partial charge in [0.25, 0.3) is 0 Å². The number of nitrogens with two attached hydrogens (primary N) is 1. The van der Waals surface area contributed by atoms with Gasteiger partial charge in [0.15, 0.2) is 17.4 Å². The molecule has 0 radical (unpaired) electrons. The number of amides is 2. The summed E-state index contributed by atoms with van der Waals surface area (Å²) in [5, 5.41) is 4.17. The average Bonchev–Trinajstić information content (AvgIpc) is 3.45. The number of hydrogen-bond donors (Lipinski definition) is 2. The second-order valence-corrected chi connectivity index (χ2v) is 12.9. The normalized spacial score (nSPS) is 13.9. The molecule has 0 bridgehead atoms. The topological polar surface area (TPSA) is 111 Å². The molecule has 47 heavy (non-hydrogen) atoms. The quantitative estimate of drug-likeness (QED) is 0.143. The number of nitrogens with one attached hydrogen (secondary N) is 1. The van der Waals surface area contributed by atoms with Crippen LogP contribution in [-0.4, -0.2) is 83.4 Å². The number of benzene rings is 2. The van der Waals surface area contributed by atoms with E-state index in [0.717, 1.165) is 66.8 Å². The van der Waals surface area contributed by atoms with Crippen molar-refractivity contribution in [2.24, 2.45) is 5.92 Å². The fraction of sp³-hybridized carbons (Fsp3) is 0.528. The second kappa shape index (κ2) is 16.7. The van der Waals surface area contributed by atoms with Gasteiger partial charge >= 0.3 is 6.03 Å². The molecule has 0 atom stereocenters. The van der Waals surface area contributed by atoms with Crippen molar-refractivity contribution in [3.8, 4) is 5.75 Å². The highest BCUT2D eigenvalue weighted by Gasteiger charge is 2.19. The minimum Gasteiger partial charge on any atom is -0.490 e. The van der Waals surface area contributed by atoms with Gasteiger partial charge in [-0.15, -0.1) is 0 Å². The van der Waals surface area contributed by atoms with Gasteiger partial charge in [-0.3, -0.25) is 0 Å². The Morgan fingerprint density at radius 1 is 1.09 bits per heavy atom. The summed E-state index contributed by atoms with van der Waals surface area (Å²) in [6, 6.07) is 12.8. The zero-order chi connectivity index (χ0) is 33.2. The first-order valence-corrected chi connectivity index (χ1v) is 17.0. The van der Waals surface area contributed by atoms with E-state index < -0.39 is 0 Å². The van der Waals surface area contributed by atoms with Crippen LogP contribution in [0.1, 0.15) is 57.3 Å². The van der Waals surface area contributed by atoms with E-state index >= 15 is 0 Å². The number of likely N-dealkylation sites (tertiary alicyclic amines) is 1. The van der Waals surface area contributed by atoms with Crippen molar-refractivity contribution in [1.82, 2.24) is 29.7 Å². The summed E-state index contributed by atoms with van der Waals surface area (Å²) >= 11 is 0. The van der Waals surface area contributed by atoms with Gasteiger partial charge in [-0.05, 0) is 68.5 Å². The lowest BCUT2D eigenvalue weighted by Gasteiger charge is -2.30.